The van der Waals surface area contributed by atoms with Crippen LogP contribution in [0.3, 0.4) is 0 Å². The minimum Gasteiger partial charge on any atom is -0.258 e. The van der Waals surface area contributed by atoms with Gasteiger partial charge in [0.05, 0.1) is 5.41 Å². The van der Waals surface area contributed by atoms with Gasteiger partial charge < -0.3 is 0 Å². The van der Waals surface area contributed by atoms with Crippen molar-refractivity contribution in [1.82, 2.24) is 0 Å². The quantitative estimate of drug-likeness (QED) is 0.157. The Hall–Kier alpha value is -4.18. The van der Waals surface area contributed by atoms with E-state index in [4.69, 9.17) is 0 Å². The molecular weight excluding hydrogens is 584 g/mol. The van der Waals surface area contributed by atoms with Crippen molar-refractivity contribution in [3.63, 3.8) is 0 Å². The van der Waals surface area contributed by atoms with E-state index in [9.17, 15) is 4.21 Å². The summed E-state index contributed by atoms with van der Waals surface area (Å²) >= 11 is 3.86. The van der Waals surface area contributed by atoms with E-state index < -0.39 is 14.9 Å². The van der Waals surface area contributed by atoms with Crippen molar-refractivity contribution in [2.45, 2.75) is 15.2 Å². The van der Waals surface area contributed by atoms with Crippen molar-refractivity contribution in [2.75, 3.05) is 0 Å². The number of benzene rings is 6. The third-order valence-corrected chi connectivity index (χ3v) is 11.9. The van der Waals surface area contributed by atoms with Gasteiger partial charge in [0.1, 0.15) is 0 Å². The molecule has 2 aliphatic carbocycles. The molecular formula is C38H23BrOS. The molecule has 1 aliphatic heterocycles. The maximum absolute atomic E-state index is 14.4. The molecule has 194 valence electrons. The first-order valence-corrected chi connectivity index (χ1v) is 16.3. The Labute approximate surface area is 248 Å². The first-order chi connectivity index (χ1) is 20.0. The van der Waals surface area contributed by atoms with Crippen LogP contribution < -0.4 is 0 Å². The normalized spacial score (nSPS) is 20.2. The van der Waals surface area contributed by atoms with Crippen LogP contribution in [0.1, 0.15) is 22.3 Å². The van der Waals surface area contributed by atoms with Crippen LogP contribution in [0.2, 0.25) is 0 Å². The Bertz CT molecular complexity index is 2240. The minimum atomic E-state index is -2.66. The molecule has 9 rings (SSSR count). The second kappa shape index (κ2) is 7.97. The first kappa shape index (κ1) is 23.5. The van der Waals surface area contributed by atoms with Gasteiger partial charge >= 0.3 is 0 Å². The molecule has 0 saturated heterocycles. The van der Waals surface area contributed by atoms with Gasteiger partial charge in [0.15, 0.2) is 0 Å². The van der Waals surface area contributed by atoms with E-state index in [2.05, 4.69) is 137 Å². The zero-order valence-corrected chi connectivity index (χ0v) is 24.4. The van der Waals surface area contributed by atoms with E-state index in [0.717, 1.165) is 25.4 Å². The Morgan fingerprint density at radius 3 is 1.71 bits per heavy atom. The molecule has 0 saturated carbocycles. The molecule has 2 unspecified atom stereocenters. The summed E-state index contributed by atoms with van der Waals surface area (Å²) in [5, 5.41) is 0. The molecule has 6 aromatic rings. The van der Waals surface area contributed by atoms with Crippen molar-refractivity contribution in [1.29, 1.82) is 0 Å². The van der Waals surface area contributed by atoms with E-state index in [1.54, 1.807) is 0 Å². The molecule has 0 bridgehead atoms. The summed E-state index contributed by atoms with van der Waals surface area (Å²) in [4.78, 5) is 1.66. The molecule has 1 heterocycles. The van der Waals surface area contributed by atoms with Gasteiger partial charge in [-0.2, -0.15) is 0 Å². The van der Waals surface area contributed by atoms with Crippen LogP contribution in [0.15, 0.2) is 142 Å². The zero-order chi connectivity index (χ0) is 27.5. The van der Waals surface area contributed by atoms with Crippen molar-refractivity contribution in [2.24, 2.45) is 0 Å². The smallest absolute Gasteiger partial charge is 0.0732 e. The van der Waals surface area contributed by atoms with Gasteiger partial charge in [-0.3, -0.25) is 4.21 Å². The van der Waals surface area contributed by atoms with Crippen LogP contribution >= 0.6 is 15.9 Å². The van der Waals surface area contributed by atoms with Crippen molar-refractivity contribution in [3.05, 3.63) is 154 Å². The predicted molar refractivity (Wildman–Crippen MR) is 173 cm³/mol. The van der Waals surface area contributed by atoms with Crippen LogP contribution in [0.5, 0.6) is 0 Å². The Kier molecular flexibility index (Phi) is 4.57. The van der Waals surface area contributed by atoms with Crippen LogP contribution in [0, 0.1) is 0 Å². The lowest BCUT2D eigenvalue weighted by molar-refractivity contribution is 0.683. The number of rotatable bonds is 0. The van der Waals surface area contributed by atoms with Gasteiger partial charge in [-0.15, -0.1) is 0 Å². The summed E-state index contributed by atoms with van der Waals surface area (Å²) in [7, 11) is -2.66. The van der Waals surface area contributed by atoms with Crippen LogP contribution in [0.4, 0.5) is 0 Å². The topological polar surface area (TPSA) is 17.1 Å². The molecule has 0 aromatic heterocycles. The van der Waals surface area contributed by atoms with Gasteiger partial charge in [0.2, 0.25) is 0 Å². The summed E-state index contributed by atoms with van der Waals surface area (Å²) in [5.41, 5.74) is 13.7. The fourth-order valence-corrected chi connectivity index (χ4v) is 10.0. The fourth-order valence-electron chi connectivity index (χ4n) is 7.76. The van der Waals surface area contributed by atoms with Gasteiger partial charge in [-0.05, 0) is 91.3 Å². The highest BCUT2D eigenvalue weighted by molar-refractivity contribution is 9.10. The second-order valence-electron chi connectivity index (χ2n) is 11.1. The molecule has 0 N–H and O–H groups in total. The second-order valence-corrected chi connectivity index (χ2v) is 14.3. The van der Waals surface area contributed by atoms with E-state index in [1.165, 1.54) is 55.6 Å². The molecule has 0 fully saturated rings. The Balaban J connectivity index is 1.59. The van der Waals surface area contributed by atoms with Gasteiger partial charge in [0.25, 0.3) is 0 Å². The van der Waals surface area contributed by atoms with Crippen LogP contribution in [-0.4, -0.2) is 10.1 Å². The minimum absolute atomic E-state index is 0.640. The maximum atomic E-state index is 14.4. The molecule has 2 atom stereocenters. The van der Waals surface area contributed by atoms with Crippen LogP contribution in [-0.2, 0) is 14.9 Å². The van der Waals surface area contributed by atoms with E-state index in [1.807, 2.05) is 12.1 Å². The monoisotopic (exact) mass is 606 g/mol. The molecule has 41 heavy (non-hydrogen) atoms. The summed E-state index contributed by atoms with van der Waals surface area (Å²) in [6.45, 7) is 0. The molecule has 1 nitrogen and oxygen atoms in total. The van der Waals surface area contributed by atoms with E-state index in [-0.39, 0.29) is 0 Å². The molecule has 3 aliphatic rings. The van der Waals surface area contributed by atoms with E-state index >= 15 is 0 Å². The number of hydrogen-bond acceptors (Lipinski definition) is 1. The molecule has 0 amide bonds. The summed E-state index contributed by atoms with van der Waals surface area (Å²) in [6.07, 6.45) is 0. The highest BCUT2D eigenvalue weighted by atomic mass is 79.9. The Morgan fingerprint density at radius 2 is 1.02 bits per heavy atom. The zero-order valence-electron chi connectivity index (χ0n) is 22.0. The molecule has 1 spiro atoms. The standard InChI is InChI=1S/C38H23BrOS/c1-41(40)34-17-9-6-14-30(34)36-35(41)21-20-29-27-13-5-8-16-32(27)38(37(29)36)31-15-7-4-12-26(31)24-10-2-3-11-25(24)28-19-18-23(39)22-33(28)38/h2-22H,1H2. The van der Waals surface area contributed by atoms with Crippen molar-refractivity contribution < 1.29 is 4.21 Å². The van der Waals surface area contributed by atoms with Gasteiger partial charge in [-0.1, -0.05) is 119 Å². The lowest BCUT2D eigenvalue weighted by Crippen LogP contribution is -2.30. The van der Waals surface area contributed by atoms with E-state index in [0.29, 0.717) is 0 Å². The predicted octanol–water partition coefficient (Wildman–Crippen LogP) is 9.57. The average Bonchev–Trinajstić information content (AvgIpc) is 3.40. The molecule has 0 radical (unpaired) electrons. The largest absolute Gasteiger partial charge is 0.258 e. The number of fused-ring (bicyclic) bond motifs is 16. The highest BCUT2D eigenvalue weighted by Gasteiger charge is 2.52. The third-order valence-electron chi connectivity index (χ3n) is 9.25. The fraction of sp³-hybridized carbons (Fsp3) is 0.0263. The summed E-state index contributed by atoms with van der Waals surface area (Å²) < 4.78 is 15.5. The average molecular weight is 608 g/mol. The number of halogens is 1. The Morgan fingerprint density at radius 1 is 0.512 bits per heavy atom. The molecule has 6 aromatic carbocycles. The molecule has 3 heteroatoms. The van der Waals surface area contributed by atoms with Gasteiger partial charge in [0, 0.05) is 29.3 Å². The van der Waals surface area contributed by atoms with Gasteiger partial charge in [-0.25, -0.2) is 0 Å². The lowest BCUT2D eigenvalue weighted by Gasteiger charge is -2.36. The first-order valence-electron chi connectivity index (χ1n) is 13.8. The third kappa shape index (κ3) is 2.76. The van der Waals surface area contributed by atoms with Crippen molar-refractivity contribution in [3.8, 4) is 44.5 Å². The summed E-state index contributed by atoms with van der Waals surface area (Å²) in [5.74, 6) is 4.33. The maximum Gasteiger partial charge on any atom is 0.0732 e. The van der Waals surface area contributed by atoms with Crippen LogP contribution in [0.25, 0.3) is 44.5 Å². The van der Waals surface area contributed by atoms with Crippen molar-refractivity contribution >= 4 is 31.3 Å². The highest BCUT2D eigenvalue weighted by Crippen LogP contribution is 2.65. The SMILES string of the molecule is C=S1(=O)c2ccccc2-c2c1ccc1c2C2(c3ccccc3-c3ccccc3-c3ccc(Br)cc32)c2ccccc2-1. The lowest BCUT2D eigenvalue weighted by atomic mass is 9.64. The summed E-state index contributed by atoms with van der Waals surface area (Å²) in [6, 6.07) is 45.6. The number of hydrogen-bond donors (Lipinski definition) is 0.